The van der Waals surface area contributed by atoms with E-state index in [9.17, 15) is 13.2 Å². The molecule has 2 fully saturated rings. The zero-order chi connectivity index (χ0) is 45.5. The van der Waals surface area contributed by atoms with Crippen LogP contribution in [0.5, 0.6) is 0 Å². The van der Waals surface area contributed by atoms with Crippen molar-refractivity contribution in [1.82, 2.24) is 4.90 Å². The van der Waals surface area contributed by atoms with E-state index >= 15 is 0 Å². The Balaban J connectivity index is 1.78. The summed E-state index contributed by atoms with van der Waals surface area (Å²) in [4.78, 5) is 5.25. The Morgan fingerprint density at radius 2 is 1.86 bits per heavy atom. The molecule has 36 heavy (non-hydrogen) atoms. The predicted octanol–water partition coefficient (Wildman–Crippen LogP) is 7.95. The highest BCUT2D eigenvalue weighted by Crippen LogP contribution is 2.42. The maximum Gasteiger partial charge on any atom is 0.416 e. The van der Waals surface area contributed by atoms with Gasteiger partial charge < -0.3 is 4.84 Å². The second kappa shape index (κ2) is 11.4. The lowest BCUT2D eigenvalue weighted by atomic mass is 9.78. The van der Waals surface area contributed by atoms with Crippen LogP contribution in [-0.4, -0.2) is 23.6 Å². The first-order valence-electron chi connectivity index (χ1n) is 21.8. The minimum absolute atomic E-state index is 0.0520. The first kappa shape index (κ1) is 10.4. The van der Waals surface area contributed by atoms with Crippen molar-refractivity contribution >= 4 is 5.71 Å². The predicted molar refractivity (Wildman–Crippen MR) is 139 cm³/mol. The van der Waals surface area contributed by atoms with Gasteiger partial charge in [0.05, 0.1) is 11.3 Å². The normalized spacial score (nSPS) is 45.4. The lowest BCUT2D eigenvalue weighted by Gasteiger charge is -2.37. The van der Waals surface area contributed by atoms with Gasteiger partial charge in [-0.05, 0) is 83.7 Å². The summed E-state index contributed by atoms with van der Waals surface area (Å²) in [5.41, 5.74) is -5.73. The van der Waals surface area contributed by atoms with Gasteiger partial charge in [0.15, 0.2) is 0 Å². The summed E-state index contributed by atoms with van der Waals surface area (Å²) in [6.07, 6.45) is -24.2. The Hall–Kier alpha value is -2.34. The van der Waals surface area contributed by atoms with Crippen LogP contribution in [-0.2, 0) is 30.5 Å². The largest absolute Gasteiger partial charge is 0.416 e. The summed E-state index contributed by atoms with van der Waals surface area (Å²) in [5, 5.41) is 3.76. The highest BCUT2D eigenvalue weighted by molar-refractivity contribution is 5.98. The standard InChI is InChI=1S/C30H39F3N2O/c1-5-24-15-26(11-12-27(24)18-35-16-21(3)17-35)22(4)34-36-19-23-8-13-28(29(14-23)30(31,32)33)25-9-6-20(2)7-10-25/h8,11-15,20-21,25H,5-7,9-10,16-19H2,1-4H3/b34-22+/i1D3,5D2,6D2,7D2,9D2,10D2,16D2,17D2,18D2,20D,21D,25D. The molecule has 1 saturated carbocycles. The summed E-state index contributed by atoms with van der Waals surface area (Å²) in [6.45, 7) is -10.8. The summed E-state index contributed by atoms with van der Waals surface area (Å²) >= 11 is 0. The molecule has 0 bridgehead atoms. The monoisotopic (exact) mass is 522 g/mol. The number of benzene rings is 2. The smallest absolute Gasteiger partial charge is 0.391 e. The van der Waals surface area contributed by atoms with Gasteiger partial charge in [-0.3, -0.25) is 4.90 Å². The van der Waals surface area contributed by atoms with Gasteiger partial charge >= 0.3 is 6.18 Å². The molecule has 0 unspecified atom stereocenters. The first-order valence-corrected chi connectivity index (χ1v) is 10.8. The zero-order valence-electron chi connectivity index (χ0n) is 41.6. The van der Waals surface area contributed by atoms with E-state index in [1.165, 1.54) is 6.92 Å². The van der Waals surface area contributed by atoms with Crippen LogP contribution >= 0.6 is 0 Å². The minimum Gasteiger partial charge on any atom is -0.391 e. The number of hydrogen-bond donors (Lipinski definition) is 0. The Morgan fingerprint density at radius 1 is 1.11 bits per heavy atom. The van der Waals surface area contributed by atoms with Crippen LogP contribution in [0.15, 0.2) is 41.6 Å². The van der Waals surface area contributed by atoms with Crippen molar-refractivity contribution in [3.05, 3.63) is 69.8 Å². The molecule has 1 aliphatic carbocycles. The van der Waals surface area contributed by atoms with Crippen LogP contribution in [0.4, 0.5) is 13.2 Å². The van der Waals surface area contributed by atoms with Gasteiger partial charge in [-0.2, -0.15) is 13.2 Å². The van der Waals surface area contributed by atoms with E-state index in [1.807, 2.05) is 0 Å². The summed E-state index contributed by atoms with van der Waals surface area (Å²) < 4.78 is 227. The maximum atomic E-state index is 14.6. The molecular formula is C30H39F3N2O. The van der Waals surface area contributed by atoms with E-state index < -0.39 is 111 Å². The van der Waals surface area contributed by atoms with E-state index in [0.717, 1.165) is 31.2 Å². The number of likely N-dealkylation sites (tertiary alicyclic amines) is 1. The number of oxime groups is 1. The van der Waals surface area contributed by atoms with Gasteiger partial charge in [-0.1, -0.05) is 62.9 Å². The van der Waals surface area contributed by atoms with Crippen LogP contribution in [0.3, 0.4) is 0 Å². The molecule has 0 atom stereocenters. The number of nitrogens with zero attached hydrogens (tertiary/aromatic N) is 2. The van der Waals surface area contributed by atoms with Crippen molar-refractivity contribution in [2.45, 2.75) is 84.7 Å². The molecule has 3 nitrogen and oxygen atoms in total. The average Bonchev–Trinajstić information content (AvgIpc) is 3.05. The molecule has 1 saturated heterocycles. The summed E-state index contributed by atoms with van der Waals surface area (Å²) in [5.74, 6) is -9.67. The molecule has 2 aliphatic rings. The molecule has 0 amide bonds. The van der Waals surface area contributed by atoms with Crippen molar-refractivity contribution in [3.8, 4) is 0 Å². The highest BCUT2D eigenvalue weighted by Gasteiger charge is 2.36. The number of halogens is 3. The number of aryl methyl sites for hydroxylation is 1. The van der Waals surface area contributed by atoms with Crippen molar-refractivity contribution in [1.29, 1.82) is 0 Å². The first-order chi connectivity index (χ1) is 25.4. The Kier molecular flexibility index (Phi) is 3.30. The molecule has 2 aromatic rings. The van der Waals surface area contributed by atoms with Crippen molar-refractivity contribution in [3.63, 3.8) is 0 Å². The maximum absolute atomic E-state index is 14.6. The van der Waals surface area contributed by atoms with E-state index in [0.29, 0.717) is 19.1 Å². The molecule has 0 aromatic heterocycles. The fraction of sp³-hybridized carbons (Fsp3) is 0.567. The molecule has 2 aromatic carbocycles. The van der Waals surface area contributed by atoms with Crippen LogP contribution < -0.4 is 0 Å². The van der Waals surface area contributed by atoms with Crippen molar-refractivity contribution in [2.75, 3.05) is 13.0 Å². The minimum atomic E-state index is -5.47. The molecule has 1 aliphatic heterocycles. The van der Waals surface area contributed by atoms with Crippen LogP contribution in [0, 0.1) is 11.8 Å². The molecule has 6 heteroatoms. The Morgan fingerprint density at radius 3 is 2.56 bits per heavy atom. The van der Waals surface area contributed by atoms with Gasteiger partial charge in [-0.25, -0.2) is 0 Å². The van der Waals surface area contributed by atoms with Crippen LogP contribution in [0.1, 0.15) is 123 Å². The SMILES string of the molecule is [2H]C([2H])(c1ccc(/C(C)=N/OCc2ccc(C3([2H])C([2H])([2H])C([2H])([2H])C([2H])(C)C([2H])([2H])C3([2H])[2H])c(C(F)(F)F)c2)cc1C([2H])([2H])C([2H])([2H])[2H])N1C([2H])([2H])C([2H])(C)C1([2H])[2H]. The molecule has 0 N–H and O–H groups in total. The summed E-state index contributed by atoms with van der Waals surface area (Å²) in [7, 11) is 0. The van der Waals surface area contributed by atoms with Crippen molar-refractivity contribution < 1.29 is 48.2 Å². The van der Waals surface area contributed by atoms with Crippen LogP contribution in [0.25, 0.3) is 0 Å². The van der Waals surface area contributed by atoms with Gasteiger partial charge in [-0.15, -0.1) is 0 Å². The number of hydrogen-bond acceptors (Lipinski definition) is 3. The van der Waals surface area contributed by atoms with Crippen LogP contribution in [0.2, 0.25) is 0 Å². The Labute approximate surface area is 244 Å². The van der Waals surface area contributed by atoms with Crippen molar-refractivity contribution in [2.24, 2.45) is 16.9 Å². The van der Waals surface area contributed by atoms with Gasteiger partial charge in [0.1, 0.15) is 6.61 Å². The lowest BCUT2D eigenvalue weighted by molar-refractivity contribution is -0.138. The fourth-order valence-corrected chi connectivity index (χ4v) is 3.38. The van der Waals surface area contributed by atoms with E-state index in [2.05, 4.69) is 5.16 Å². The third-order valence-electron chi connectivity index (χ3n) is 5.20. The summed E-state index contributed by atoms with van der Waals surface area (Å²) in [6, 6.07) is 4.42. The van der Waals surface area contributed by atoms with Gasteiger partial charge in [0.25, 0.3) is 0 Å². The average molecular weight is 523 g/mol. The zero-order valence-corrected chi connectivity index (χ0v) is 19.6. The topological polar surface area (TPSA) is 24.8 Å². The van der Waals surface area contributed by atoms with Gasteiger partial charge in [0.2, 0.25) is 0 Å². The molecule has 196 valence electrons. The van der Waals surface area contributed by atoms with E-state index in [4.69, 9.17) is 35.0 Å². The van der Waals surface area contributed by atoms with Gasteiger partial charge in [0, 0.05) is 49.6 Å². The molecular weight excluding hydrogens is 461 g/mol. The molecule has 0 radical (unpaired) electrons. The number of rotatable bonds is 8. The van der Waals surface area contributed by atoms with E-state index in [-0.39, 0.29) is 21.7 Å². The fourth-order valence-electron chi connectivity index (χ4n) is 3.38. The molecule has 4 rings (SSSR count). The molecule has 1 heterocycles. The van der Waals surface area contributed by atoms with E-state index in [1.54, 1.807) is 0 Å². The second-order valence-electron chi connectivity index (χ2n) is 8.01. The lowest BCUT2D eigenvalue weighted by Crippen LogP contribution is -2.44. The third-order valence-corrected chi connectivity index (χ3v) is 5.20. The highest BCUT2D eigenvalue weighted by atomic mass is 19.4. The second-order valence-corrected chi connectivity index (χ2v) is 8.01. The third kappa shape index (κ3) is 6.50. The Bertz CT molecular complexity index is 1940. The quantitative estimate of drug-likeness (QED) is 0.260. The number of alkyl halides is 3. The molecule has 0 spiro atoms.